The summed E-state index contributed by atoms with van der Waals surface area (Å²) >= 11 is 0. The van der Waals surface area contributed by atoms with E-state index < -0.39 is 0 Å². The van der Waals surface area contributed by atoms with Crippen molar-refractivity contribution in [3.05, 3.63) is 54.9 Å². The monoisotopic (exact) mass is 347 g/mol. The topological polar surface area (TPSA) is 42.6 Å². The Morgan fingerprint density at radius 3 is 2.54 bits per heavy atom. The molecule has 0 saturated carbocycles. The highest BCUT2D eigenvalue weighted by molar-refractivity contribution is 5.92. The van der Waals surface area contributed by atoms with Crippen molar-refractivity contribution in [2.24, 2.45) is 7.05 Å². The summed E-state index contributed by atoms with van der Waals surface area (Å²) in [6.45, 7) is 3.28. The zero-order valence-electron chi connectivity index (χ0n) is 14.7. The Kier molecular flexibility index (Phi) is 3.43. The molecule has 1 fully saturated rings. The van der Waals surface area contributed by atoms with Crippen LogP contribution in [0.1, 0.15) is 0 Å². The zero-order valence-corrected chi connectivity index (χ0v) is 14.7. The summed E-state index contributed by atoms with van der Waals surface area (Å²) in [5, 5.41) is 14.0. The summed E-state index contributed by atoms with van der Waals surface area (Å²) < 4.78 is 9.39. The molecule has 5 heteroatoms. The molecule has 3 heterocycles. The average Bonchev–Trinajstić information content (AvgIpc) is 3.22. The Labute approximate surface area is 151 Å². The maximum Gasteiger partial charge on any atom is 0.203 e. The number of morpholine rings is 1. The lowest BCUT2D eigenvalue weighted by Crippen LogP contribution is -2.36. The molecule has 0 bridgehead atoms. The summed E-state index contributed by atoms with van der Waals surface area (Å²) in [7, 11) is 2.03. The first-order valence-corrected chi connectivity index (χ1v) is 8.93. The van der Waals surface area contributed by atoms with Crippen molar-refractivity contribution in [3.8, 4) is 11.6 Å². The summed E-state index contributed by atoms with van der Waals surface area (Å²) in [6.07, 6.45) is 4.05. The van der Waals surface area contributed by atoms with Crippen LogP contribution in [-0.4, -0.2) is 40.5 Å². The van der Waals surface area contributed by atoms with E-state index in [4.69, 9.17) is 4.74 Å². The number of ether oxygens (including phenoxy) is 1. The van der Waals surface area contributed by atoms with Gasteiger partial charge in [0.05, 0.1) is 18.9 Å². The second-order valence-corrected chi connectivity index (χ2v) is 6.86. The molecule has 0 atom stereocenters. The molecule has 0 aliphatic carbocycles. The average molecular weight is 347 g/mol. The van der Waals surface area contributed by atoms with Crippen molar-refractivity contribution >= 4 is 27.4 Å². The van der Waals surface area contributed by atoms with Gasteiger partial charge in [-0.25, -0.2) is 0 Å². The van der Waals surface area contributed by atoms with E-state index in [2.05, 4.69) is 52.1 Å². The smallest absolute Gasteiger partial charge is 0.203 e. The molecule has 1 aliphatic heterocycles. The van der Waals surface area contributed by atoms with Crippen LogP contribution in [0.4, 0.5) is 5.69 Å². The van der Waals surface area contributed by atoms with E-state index in [-0.39, 0.29) is 5.88 Å². The van der Waals surface area contributed by atoms with Crippen LogP contribution in [0.3, 0.4) is 0 Å². The van der Waals surface area contributed by atoms with Gasteiger partial charge in [0.25, 0.3) is 0 Å². The van der Waals surface area contributed by atoms with Gasteiger partial charge >= 0.3 is 0 Å². The van der Waals surface area contributed by atoms with Crippen LogP contribution in [0.2, 0.25) is 0 Å². The van der Waals surface area contributed by atoms with Gasteiger partial charge in [-0.05, 0) is 35.7 Å². The van der Waals surface area contributed by atoms with Gasteiger partial charge in [-0.3, -0.25) is 4.57 Å². The van der Waals surface area contributed by atoms with Crippen molar-refractivity contribution in [1.82, 2.24) is 9.13 Å². The van der Waals surface area contributed by atoms with Crippen molar-refractivity contribution in [1.29, 1.82) is 0 Å². The number of nitrogens with zero attached hydrogens (tertiary/aromatic N) is 3. The summed E-state index contributed by atoms with van der Waals surface area (Å²) in [5.74, 6) is 0.281. The van der Waals surface area contributed by atoms with Crippen molar-refractivity contribution in [2.45, 2.75) is 0 Å². The Hall–Kier alpha value is -2.92. The van der Waals surface area contributed by atoms with E-state index in [0.29, 0.717) is 0 Å². The molecule has 1 saturated heterocycles. The maximum atomic E-state index is 10.9. The van der Waals surface area contributed by atoms with Crippen molar-refractivity contribution in [2.75, 3.05) is 31.2 Å². The van der Waals surface area contributed by atoms with Crippen LogP contribution in [0.25, 0.3) is 27.4 Å². The van der Waals surface area contributed by atoms with Crippen LogP contribution < -0.4 is 4.90 Å². The van der Waals surface area contributed by atoms with Gasteiger partial charge in [-0.1, -0.05) is 12.1 Å². The fourth-order valence-corrected chi connectivity index (χ4v) is 3.80. The highest BCUT2D eigenvalue weighted by Crippen LogP contribution is 2.34. The number of hydrogen-bond acceptors (Lipinski definition) is 3. The van der Waals surface area contributed by atoms with Crippen molar-refractivity contribution in [3.63, 3.8) is 0 Å². The number of aromatic nitrogens is 2. The summed E-state index contributed by atoms with van der Waals surface area (Å²) in [6, 6.07) is 14.6. The molecular weight excluding hydrogens is 326 g/mol. The highest BCUT2D eigenvalue weighted by Gasteiger charge is 2.15. The summed E-state index contributed by atoms with van der Waals surface area (Å²) in [5.41, 5.74) is 3.24. The van der Waals surface area contributed by atoms with Crippen LogP contribution in [0.5, 0.6) is 5.88 Å². The molecule has 5 nitrogen and oxygen atoms in total. The summed E-state index contributed by atoms with van der Waals surface area (Å²) in [4.78, 5) is 2.30. The molecular formula is C21H21N3O2. The van der Waals surface area contributed by atoms with E-state index in [9.17, 15) is 5.11 Å². The van der Waals surface area contributed by atoms with Gasteiger partial charge in [-0.2, -0.15) is 0 Å². The zero-order chi connectivity index (χ0) is 17.7. The number of aromatic hydroxyl groups is 1. The third-order valence-corrected chi connectivity index (χ3v) is 5.30. The van der Waals surface area contributed by atoms with Gasteiger partial charge in [-0.15, -0.1) is 0 Å². The Morgan fingerprint density at radius 1 is 0.923 bits per heavy atom. The SMILES string of the molecule is Cn1ccc2ccc(-n3cc4ccc(N5CCOCC5)cc4c3O)cc21. The molecule has 26 heavy (non-hydrogen) atoms. The fourth-order valence-electron chi connectivity index (χ4n) is 3.80. The predicted octanol–water partition coefficient (Wildman–Crippen LogP) is 3.66. The normalized spacial score (nSPS) is 15.2. The molecule has 0 spiro atoms. The van der Waals surface area contributed by atoms with Crippen LogP contribution in [0, 0.1) is 0 Å². The number of aryl methyl sites for hydroxylation is 1. The predicted molar refractivity (Wildman–Crippen MR) is 104 cm³/mol. The fraction of sp³-hybridized carbons (Fsp3) is 0.238. The van der Waals surface area contributed by atoms with Crippen LogP contribution >= 0.6 is 0 Å². The van der Waals surface area contributed by atoms with E-state index in [1.54, 1.807) is 0 Å². The number of anilines is 1. The van der Waals surface area contributed by atoms with E-state index in [1.165, 1.54) is 5.39 Å². The molecule has 5 rings (SSSR count). The third kappa shape index (κ3) is 2.35. The Balaban J connectivity index is 1.61. The van der Waals surface area contributed by atoms with Gasteiger partial charge in [0, 0.05) is 54.5 Å². The highest BCUT2D eigenvalue weighted by atomic mass is 16.5. The molecule has 4 aromatic rings. The first-order valence-electron chi connectivity index (χ1n) is 8.93. The maximum absolute atomic E-state index is 10.9. The lowest BCUT2D eigenvalue weighted by atomic mass is 10.2. The molecule has 1 N–H and O–H groups in total. The molecule has 2 aromatic carbocycles. The minimum Gasteiger partial charge on any atom is -0.494 e. The minimum atomic E-state index is 0.281. The number of rotatable bonds is 2. The number of benzene rings is 2. The lowest BCUT2D eigenvalue weighted by molar-refractivity contribution is 0.122. The molecule has 0 amide bonds. The van der Waals surface area contributed by atoms with Gasteiger partial charge in [0.2, 0.25) is 5.88 Å². The third-order valence-electron chi connectivity index (χ3n) is 5.30. The van der Waals surface area contributed by atoms with E-state index in [1.807, 2.05) is 23.9 Å². The van der Waals surface area contributed by atoms with Crippen LogP contribution in [-0.2, 0) is 11.8 Å². The second-order valence-electron chi connectivity index (χ2n) is 6.86. The Bertz CT molecular complexity index is 1100. The lowest BCUT2D eigenvalue weighted by Gasteiger charge is -2.28. The van der Waals surface area contributed by atoms with Gasteiger partial charge < -0.3 is 19.3 Å². The van der Waals surface area contributed by atoms with E-state index in [0.717, 1.165) is 54.0 Å². The quantitative estimate of drug-likeness (QED) is 0.602. The van der Waals surface area contributed by atoms with Crippen molar-refractivity contribution < 1.29 is 9.84 Å². The van der Waals surface area contributed by atoms with Crippen LogP contribution in [0.15, 0.2) is 54.9 Å². The number of fused-ring (bicyclic) bond motifs is 2. The second kappa shape index (κ2) is 5.81. The minimum absolute atomic E-state index is 0.281. The first-order chi connectivity index (χ1) is 12.7. The van der Waals surface area contributed by atoms with Gasteiger partial charge in [0.1, 0.15) is 0 Å². The molecule has 1 aliphatic rings. The first kappa shape index (κ1) is 15.3. The van der Waals surface area contributed by atoms with Gasteiger partial charge in [0.15, 0.2) is 0 Å². The molecule has 0 radical (unpaired) electrons. The molecule has 2 aromatic heterocycles. The number of hydrogen-bond donors (Lipinski definition) is 1. The Morgan fingerprint density at radius 2 is 1.69 bits per heavy atom. The standard InChI is InChI=1S/C21H21N3O2/c1-22-7-6-15-2-5-18(13-20(15)22)24-14-16-3-4-17(12-19(16)21(24)25)23-8-10-26-11-9-23/h2-7,12-14,25H,8-11H2,1H3. The molecule has 0 unspecified atom stereocenters. The largest absolute Gasteiger partial charge is 0.494 e. The molecule has 132 valence electrons. The van der Waals surface area contributed by atoms with E-state index >= 15 is 0 Å².